The Balaban J connectivity index is 1.69. The van der Waals surface area contributed by atoms with E-state index in [4.69, 9.17) is 5.73 Å². The maximum Gasteiger partial charge on any atom is 0.315 e. The van der Waals surface area contributed by atoms with Crippen LogP contribution in [-0.4, -0.2) is 81.3 Å². The number of hydrogen-bond acceptors (Lipinski definition) is 5. The second-order valence-electron chi connectivity index (χ2n) is 7.42. The van der Waals surface area contributed by atoms with Gasteiger partial charge in [-0.25, -0.2) is 4.79 Å². The number of aliphatic hydroxyl groups is 2. The molecule has 4 amide bonds. The van der Waals surface area contributed by atoms with Crippen molar-refractivity contribution in [2.45, 2.75) is 62.9 Å². The molecule has 0 aromatic rings. The number of amides is 4. The summed E-state index contributed by atoms with van der Waals surface area (Å²) in [5.74, 6) is -0.375. The van der Waals surface area contributed by atoms with Gasteiger partial charge in [0.2, 0.25) is 5.91 Å². The van der Waals surface area contributed by atoms with Crippen molar-refractivity contribution in [2.75, 3.05) is 13.1 Å². The molecule has 140 valence electrons. The predicted octanol–water partition coefficient (Wildman–Crippen LogP) is -1.62. The topological polar surface area (TPSA) is 136 Å². The summed E-state index contributed by atoms with van der Waals surface area (Å²) < 4.78 is 0. The average Bonchev–Trinajstić information content (AvgIpc) is 2.96. The number of nitrogens with two attached hydrogens (primary N) is 1. The molecule has 4 aliphatic rings. The van der Waals surface area contributed by atoms with Gasteiger partial charge in [0, 0.05) is 25.6 Å². The van der Waals surface area contributed by atoms with E-state index in [9.17, 15) is 24.6 Å². The van der Waals surface area contributed by atoms with Crippen LogP contribution in [0.3, 0.4) is 0 Å². The predicted molar refractivity (Wildman–Crippen MR) is 87.2 cm³/mol. The third-order valence-electron chi connectivity index (χ3n) is 5.61. The summed E-state index contributed by atoms with van der Waals surface area (Å²) >= 11 is 0. The Bertz CT molecular complexity index is 569. The first-order chi connectivity index (χ1) is 11.8. The quantitative estimate of drug-likeness (QED) is 0.483. The van der Waals surface area contributed by atoms with E-state index in [1.807, 2.05) is 0 Å². The van der Waals surface area contributed by atoms with E-state index in [0.29, 0.717) is 12.5 Å². The Morgan fingerprint density at radius 1 is 1.16 bits per heavy atom. The molecule has 0 aromatic heterocycles. The van der Waals surface area contributed by atoms with Gasteiger partial charge in [-0.3, -0.25) is 9.59 Å². The van der Waals surface area contributed by atoms with Gasteiger partial charge in [0.25, 0.3) is 5.91 Å². The Kier molecular flexibility index (Phi) is 4.88. The molecule has 9 nitrogen and oxygen atoms in total. The third kappa shape index (κ3) is 3.43. The van der Waals surface area contributed by atoms with Crippen LogP contribution in [0.5, 0.6) is 0 Å². The molecule has 9 heteroatoms. The van der Waals surface area contributed by atoms with Crippen molar-refractivity contribution >= 4 is 17.8 Å². The van der Waals surface area contributed by atoms with E-state index < -0.39 is 24.3 Å². The Morgan fingerprint density at radius 2 is 1.88 bits per heavy atom. The lowest BCUT2D eigenvalue weighted by Gasteiger charge is -2.50. The van der Waals surface area contributed by atoms with Crippen LogP contribution < -0.4 is 11.1 Å². The second-order valence-corrected chi connectivity index (χ2v) is 7.42. The van der Waals surface area contributed by atoms with Crippen molar-refractivity contribution in [1.29, 1.82) is 0 Å². The highest BCUT2D eigenvalue weighted by Crippen LogP contribution is 2.36. The molecule has 6 unspecified atom stereocenters. The molecule has 4 fully saturated rings. The number of aliphatic hydroxyl groups excluding tert-OH is 2. The fourth-order valence-corrected chi connectivity index (χ4v) is 4.43. The molecule has 3 aliphatic heterocycles. The van der Waals surface area contributed by atoms with Crippen LogP contribution >= 0.6 is 0 Å². The fraction of sp³-hybridized carbons (Fsp3) is 0.812. The fourth-order valence-electron chi connectivity index (χ4n) is 4.43. The van der Waals surface area contributed by atoms with Gasteiger partial charge in [-0.05, 0) is 32.1 Å². The van der Waals surface area contributed by atoms with E-state index in [-0.39, 0.29) is 36.9 Å². The third-order valence-corrected chi connectivity index (χ3v) is 5.61. The largest absolute Gasteiger partial charge is 0.391 e. The first-order valence-corrected chi connectivity index (χ1v) is 8.81. The summed E-state index contributed by atoms with van der Waals surface area (Å²) in [5.41, 5.74) is 5.29. The van der Waals surface area contributed by atoms with Crippen molar-refractivity contribution < 1.29 is 24.6 Å². The lowest BCUT2D eigenvalue weighted by molar-refractivity contribution is -0.149. The van der Waals surface area contributed by atoms with E-state index in [1.165, 1.54) is 11.8 Å². The molecule has 0 aromatic carbocycles. The molecule has 3 saturated heterocycles. The summed E-state index contributed by atoms with van der Waals surface area (Å²) in [6, 6.07) is -1.87. The van der Waals surface area contributed by atoms with E-state index in [2.05, 4.69) is 5.32 Å². The molecule has 6 atom stereocenters. The molecule has 0 radical (unpaired) electrons. The molecule has 1 aliphatic carbocycles. The van der Waals surface area contributed by atoms with Crippen molar-refractivity contribution in [3.05, 3.63) is 0 Å². The van der Waals surface area contributed by atoms with Crippen molar-refractivity contribution in [1.82, 2.24) is 15.1 Å². The Hall–Kier alpha value is -1.87. The number of nitrogens with one attached hydrogen (secondary N) is 1. The molecule has 25 heavy (non-hydrogen) atoms. The molecular formula is C16H26N4O5. The number of β-amino-alcohol motifs (C(OH)–C–C–N with tert-alkyl or cyclic N) is 1. The lowest BCUT2D eigenvalue weighted by Crippen LogP contribution is -2.64. The van der Waals surface area contributed by atoms with Crippen LogP contribution in [0.2, 0.25) is 0 Å². The maximum absolute atomic E-state index is 12.6. The van der Waals surface area contributed by atoms with Gasteiger partial charge in [0.1, 0.15) is 12.1 Å². The second kappa shape index (κ2) is 6.80. The minimum absolute atomic E-state index is 0.0524. The highest BCUT2D eigenvalue weighted by Gasteiger charge is 2.46. The average molecular weight is 354 g/mol. The smallest absolute Gasteiger partial charge is 0.315 e. The zero-order valence-corrected chi connectivity index (χ0v) is 14.3. The summed E-state index contributed by atoms with van der Waals surface area (Å²) in [4.78, 5) is 39.2. The number of likely N-dealkylation sites (tertiary alicyclic amines) is 1. The molecule has 5 N–H and O–H groups in total. The summed E-state index contributed by atoms with van der Waals surface area (Å²) in [5, 5.41) is 22.3. The zero-order valence-electron chi connectivity index (χ0n) is 14.3. The SMILES string of the molecule is CC(O)C(=O)N1CC2CCC1C(NC(=O)C1CC(O)CN1C(N)=O)C2. The van der Waals surface area contributed by atoms with Crippen molar-refractivity contribution in [2.24, 2.45) is 11.7 Å². The van der Waals surface area contributed by atoms with E-state index >= 15 is 0 Å². The molecule has 1 saturated carbocycles. The number of rotatable bonds is 3. The van der Waals surface area contributed by atoms with Gasteiger partial charge in [-0.15, -0.1) is 0 Å². The van der Waals surface area contributed by atoms with Gasteiger partial charge in [0.15, 0.2) is 0 Å². The highest BCUT2D eigenvalue weighted by atomic mass is 16.3. The number of urea groups is 1. The minimum atomic E-state index is -1.06. The van der Waals surface area contributed by atoms with Crippen LogP contribution in [0, 0.1) is 5.92 Å². The van der Waals surface area contributed by atoms with Gasteiger partial charge < -0.3 is 31.1 Å². The van der Waals surface area contributed by atoms with Crippen LogP contribution in [0.15, 0.2) is 0 Å². The monoisotopic (exact) mass is 354 g/mol. The molecule has 3 heterocycles. The van der Waals surface area contributed by atoms with E-state index in [0.717, 1.165) is 19.3 Å². The summed E-state index contributed by atoms with van der Waals surface area (Å²) in [6.45, 7) is 2.11. The molecule has 4 rings (SSSR count). The number of piperidine rings is 2. The highest BCUT2D eigenvalue weighted by molar-refractivity contribution is 5.87. The first kappa shape index (κ1) is 17.9. The van der Waals surface area contributed by atoms with Crippen molar-refractivity contribution in [3.8, 4) is 0 Å². The lowest BCUT2D eigenvalue weighted by atomic mass is 9.76. The summed E-state index contributed by atoms with van der Waals surface area (Å²) in [7, 11) is 0. The Morgan fingerprint density at radius 3 is 2.48 bits per heavy atom. The van der Waals surface area contributed by atoms with Crippen molar-refractivity contribution in [3.63, 3.8) is 0 Å². The van der Waals surface area contributed by atoms with E-state index in [1.54, 1.807) is 4.90 Å². The maximum atomic E-state index is 12.6. The molecule has 0 spiro atoms. The van der Waals surface area contributed by atoms with Crippen LogP contribution in [0.1, 0.15) is 32.6 Å². The summed E-state index contributed by atoms with van der Waals surface area (Å²) in [6.07, 6.45) is 0.875. The number of nitrogens with zero attached hydrogens (tertiary/aromatic N) is 2. The number of hydrogen-bond donors (Lipinski definition) is 4. The zero-order chi connectivity index (χ0) is 18.3. The van der Waals surface area contributed by atoms with Gasteiger partial charge >= 0.3 is 6.03 Å². The molecule has 2 bridgehead atoms. The number of carbonyl (C=O) groups is 3. The minimum Gasteiger partial charge on any atom is -0.391 e. The van der Waals surface area contributed by atoms with Gasteiger partial charge in [-0.2, -0.15) is 0 Å². The first-order valence-electron chi connectivity index (χ1n) is 8.81. The van der Waals surface area contributed by atoms with Gasteiger partial charge in [0.05, 0.1) is 12.1 Å². The van der Waals surface area contributed by atoms with Crippen LogP contribution in [0.4, 0.5) is 4.79 Å². The normalized spacial score (nSPS) is 35.6. The van der Waals surface area contributed by atoms with Gasteiger partial charge in [-0.1, -0.05) is 0 Å². The molecular weight excluding hydrogens is 328 g/mol. The Labute approximate surface area is 146 Å². The van der Waals surface area contributed by atoms with Crippen LogP contribution in [0.25, 0.3) is 0 Å². The van der Waals surface area contributed by atoms with Crippen LogP contribution in [-0.2, 0) is 9.59 Å². The number of carbonyl (C=O) groups excluding carboxylic acids is 3. The standard InChI is InChI=1S/C16H26N4O5/c1-8(21)15(24)19-6-9-2-3-12(19)11(4-9)18-14(23)13-5-10(22)7-20(13)16(17)25/h8-13,21-22H,2-7H2,1H3,(H2,17,25)(H,18,23). The number of fused-ring (bicyclic) bond motifs is 3. The number of primary amides is 1.